The van der Waals surface area contributed by atoms with Gasteiger partial charge in [-0.15, -0.1) is 0 Å². The monoisotopic (exact) mass is 1350 g/mol. The number of carbonyl (C=O) groups excluding carboxylic acids is 9. The minimum absolute atomic E-state index is 0. The standard InChI is InChI=1S/C27H44O6.C27H26O6.C24H20O6.2CH4/c2*1-27(33-26(30)23-15-9-4-10-16-23,17-19-31-24(28)21-11-5-2-6-12-21)18-20-32-25(29)22-13-7-3-8-14-22;25-22(18-10-4-1-5-11-18)28-16-21(30-24(27)20-14-8-3-9-15-20)17-29-23(26)19-12-6-2-7-13-19;;/h21-23H,2-20H2,1H3;2-16H,17-20H2,1H3;1-15,21H,16-17H2;2*1H4. The Kier molecular flexibility index (Phi) is 34.7. The molecule has 526 valence electrons. The van der Waals surface area contributed by atoms with Crippen molar-refractivity contribution in [3.8, 4) is 0 Å². The first-order chi connectivity index (χ1) is 46.6. The fourth-order valence-corrected chi connectivity index (χ4v) is 11.2. The van der Waals surface area contributed by atoms with Crippen LogP contribution < -0.4 is 0 Å². The normalized spacial score (nSPS) is 14.0. The van der Waals surface area contributed by atoms with Crippen molar-refractivity contribution in [2.45, 2.75) is 168 Å². The zero-order valence-electron chi connectivity index (χ0n) is 55.2. The van der Waals surface area contributed by atoms with Gasteiger partial charge in [-0.2, -0.15) is 0 Å². The van der Waals surface area contributed by atoms with E-state index in [1.807, 2.05) is 25.1 Å². The average Bonchev–Trinajstić information content (AvgIpc) is 0.919. The summed E-state index contributed by atoms with van der Waals surface area (Å²) < 4.78 is 49.6. The number of rotatable bonds is 28. The molecule has 9 rings (SSSR count). The molecular weight excluding hydrogens is 1250 g/mol. The Morgan fingerprint density at radius 2 is 0.551 bits per heavy atom. The van der Waals surface area contributed by atoms with Gasteiger partial charge in [-0.1, -0.05) is 182 Å². The quantitative estimate of drug-likeness (QED) is 0.0328. The molecule has 0 unspecified atom stereocenters. The molecule has 3 fully saturated rings. The second-order valence-corrected chi connectivity index (χ2v) is 24.7. The number of ether oxygens (including phenoxy) is 9. The van der Waals surface area contributed by atoms with Crippen LogP contribution >= 0.6 is 0 Å². The zero-order chi connectivity index (χ0) is 68.2. The molecular formula is C80H98O18. The maximum atomic E-state index is 12.9. The first-order valence-electron chi connectivity index (χ1n) is 33.6. The van der Waals surface area contributed by atoms with Gasteiger partial charge >= 0.3 is 53.7 Å². The Labute approximate surface area is 577 Å². The predicted molar refractivity (Wildman–Crippen MR) is 371 cm³/mol. The van der Waals surface area contributed by atoms with Gasteiger partial charge < -0.3 is 42.6 Å². The van der Waals surface area contributed by atoms with Crippen molar-refractivity contribution in [3.05, 3.63) is 215 Å². The molecule has 18 heteroatoms. The molecule has 6 aromatic rings. The van der Waals surface area contributed by atoms with Gasteiger partial charge in [0.1, 0.15) is 24.4 Å². The molecule has 0 radical (unpaired) electrons. The highest BCUT2D eigenvalue weighted by molar-refractivity contribution is 5.92. The van der Waals surface area contributed by atoms with Crippen LogP contribution in [-0.4, -0.2) is 111 Å². The molecule has 0 heterocycles. The van der Waals surface area contributed by atoms with E-state index in [0.29, 0.717) is 46.2 Å². The number of esters is 9. The van der Waals surface area contributed by atoms with Crippen LogP contribution in [0.3, 0.4) is 0 Å². The Morgan fingerprint density at radius 1 is 0.306 bits per heavy atom. The maximum Gasteiger partial charge on any atom is 0.338 e. The van der Waals surface area contributed by atoms with Gasteiger partial charge in [0.15, 0.2) is 6.10 Å². The average molecular weight is 1350 g/mol. The largest absolute Gasteiger partial charge is 0.465 e. The Morgan fingerprint density at radius 3 is 0.857 bits per heavy atom. The molecule has 0 bridgehead atoms. The molecule has 0 saturated heterocycles. The second-order valence-electron chi connectivity index (χ2n) is 24.7. The van der Waals surface area contributed by atoms with E-state index >= 15 is 0 Å². The molecule has 18 nitrogen and oxygen atoms in total. The molecule has 0 N–H and O–H groups in total. The van der Waals surface area contributed by atoms with Gasteiger partial charge in [-0.25, -0.2) is 28.8 Å². The van der Waals surface area contributed by atoms with E-state index in [1.165, 1.54) is 19.3 Å². The Balaban J connectivity index is 0.000000263. The van der Waals surface area contributed by atoms with Crippen LogP contribution in [0.1, 0.15) is 213 Å². The molecule has 3 aliphatic rings. The number of hydrogen-bond donors (Lipinski definition) is 0. The summed E-state index contributed by atoms with van der Waals surface area (Å²) >= 11 is 0. The van der Waals surface area contributed by atoms with Gasteiger partial charge in [0, 0.05) is 25.7 Å². The summed E-state index contributed by atoms with van der Waals surface area (Å²) in [6, 6.07) is 51.2. The van der Waals surface area contributed by atoms with Crippen molar-refractivity contribution < 1.29 is 85.8 Å². The highest BCUT2D eigenvalue weighted by Crippen LogP contribution is 2.32. The topological polar surface area (TPSA) is 237 Å². The SMILES string of the molecule is C.C.CC(CCOC(=O)C1CCCCC1)(CCOC(=O)C1CCCCC1)OC(=O)C1CCCCC1.CC(CCOC(=O)c1ccccc1)(CCOC(=O)c1ccccc1)OC(=O)c1ccccc1.O=C(OCC(COC(=O)c1ccccc1)OC(=O)c1ccccc1)c1ccccc1. The molecule has 3 aliphatic carbocycles. The van der Waals surface area contributed by atoms with Crippen LogP contribution in [0.15, 0.2) is 182 Å². The van der Waals surface area contributed by atoms with Crippen LogP contribution in [0, 0.1) is 17.8 Å². The summed E-state index contributed by atoms with van der Waals surface area (Å²) in [6.07, 6.45) is 15.8. The van der Waals surface area contributed by atoms with Crippen LogP contribution in [0.5, 0.6) is 0 Å². The van der Waals surface area contributed by atoms with E-state index in [-0.39, 0.29) is 103 Å². The van der Waals surface area contributed by atoms with Gasteiger partial charge in [0.25, 0.3) is 0 Å². The summed E-state index contributed by atoms with van der Waals surface area (Å²) in [5.74, 6) is -3.59. The Bertz CT molecular complexity index is 3200. The Hall–Kier alpha value is -9.45. The summed E-state index contributed by atoms with van der Waals surface area (Å²) in [5.41, 5.74) is 0.542. The second kappa shape index (κ2) is 43.0. The molecule has 98 heavy (non-hydrogen) atoms. The van der Waals surface area contributed by atoms with E-state index in [1.54, 1.807) is 171 Å². The summed E-state index contributed by atoms with van der Waals surface area (Å²) in [7, 11) is 0. The number of benzene rings is 6. The third-order valence-electron chi connectivity index (χ3n) is 17.1. The minimum Gasteiger partial charge on any atom is -0.465 e. The van der Waals surface area contributed by atoms with Crippen LogP contribution in [0.2, 0.25) is 0 Å². The van der Waals surface area contributed by atoms with E-state index in [2.05, 4.69) is 0 Å². The summed E-state index contributed by atoms with van der Waals surface area (Å²) in [4.78, 5) is 112. The molecule has 6 aromatic carbocycles. The molecule has 0 amide bonds. The smallest absolute Gasteiger partial charge is 0.338 e. The van der Waals surface area contributed by atoms with Crippen LogP contribution in [0.4, 0.5) is 0 Å². The van der Waals surface area contributed by atoms with E-state index in [4.69, 9.17) is 42.6 Å². The zero-order valence-corrected chi connectivity index (χ0v) is 55.2. The summed E-state index contributed by atoms with van der Waals surface area (Å²) in [6.45, 7) is 3.64. The highest BCUT2D eigenvalue weighted by Gasteiger charge is 2.35. The number of hydrogen-bond acceptors (Lipinski definition) is 18. The first kappa shape index (κ1) is 79.2. The first-order valence-corrected chi connectivity index (χ1v) is 33.6. The van der Waals surface area contributed by atoms with Crippen molar-refractivity contribution in [2.24, 2.45) is 17.8 Å². The van der Waals surface area contributed by atoms with E-state index < -0.39 is 53.1 Å². The van der Waals surface area contributed by atoms with Crippen molar-refractivity contribution in [2.75, 3.05) is 39.6 Å². The molecule has 0 atom stereocenters. The third-order valence-corrected chi connectivity index (χ3v) is 17.1. The van der Waals surface area contributed by atoms with Gasteiger partial charge in [0.2, 0.25) is 0 Å². The highest BCUT2D eigenvalue weighted by atomic mass is 16.6. The molecule has 0 spiro atoms. The van der Waals surface area contributed by atoms with Gasteiger partial charge in [-0.05, 0) is 125 Å². The van der Waals surface area contributed by atoms with Crippen LogP contribution in [0.25, 0.3) is 0 Å². The molecule has 0 aromatic heterocycles. The minimum atomic E-state index is -1.01. The molecule has 3 saturated carbocycles. The fraction of sp³-hybridized carbons (Fsp3) is 0.438. The van der Waals surface area contributed by atoms with Gasteiger partial charge in [-0.3, -0.25) is 14.4 Å². The van der Waals surface area contributed by atoms with Crippen molar-refractivity contribution >= 4 is 53.7 Å². The lowest BCUT2D eigenvalue weighted by Crippen LogP contribution is -2.38. The predicted octanol–water partition coefficient (Wildman–Crippen LogP) is 16.2. The lowest BCUT2D eigenvalue weighted by atomic mass is 9.89. The lowest BCUT2D eigenvalue weighted by Gasteiger charge is -2.32. The molecule has 0 aliphatic heterocycles. The fourth-order valence-electron chi connectivity index (χ4n) is 11.2. The van der Waals surface area contributed by atoms with Crippen molar-refractivity contribution in [1.29, 1.82) is 0 Å². The van der Waals surface area contributed by atoms with Gasteiger partial charge in [0.05, 0.1) is 77.6 Å². The summed E-state index contributed by atoms with van der Waals surface area (Å²) in [5, 5.41) is 0. The van der Waals surface area contributed by atoms with E-state index in [9.17, 15) is 43.2 Å². The third kappa shape index (κ3) is 27.9. The van der Waals surface area contributed by atoms with Crippen molar-refractivity contribution in [1.82, 2.24) is 0 Å². The number of carbonyl (C=O) groups is 9. The van der Waals surface area contributed by atoms with E-state index in [0.717, 1.165) is 77.0 Å². The van der Waals surface area contributed by atoms with Crippen LogP contribution in [-0.2, 0) is 57.0 Å². The van der Waals surface area contributed by atoms with Crippen molar-refractivity contribution in [3.63, 3.8) is 0 Å². The maximum absolute atomic E-state index is 12.9. The lowest BCUT2D eigenvalue weighted by molar-refractivity contribution is -0.170.